The van der Waals surface area contributed by atoms with Crippen LogP contribution in [0.4, 0.5) is 18.9 Å². The van der Waals surface area contributed by atoms with Gasteiger partial charge in [-0.2, -0.15) is 13.2 Å². The Morgan fingerprint density at radius 1 is 1.24 bits per heavy atom. The van der Waals surface area contributed by atoms with E-state index in [1.807, 2.05) is 0 Å². The molecule has 1 saturated heterocycles. The molecule has 1 N–H and O–H groups in total. The van der Waals surface area contributed by atoms with Crippen molar-refractivity contribution >= 4 is 27.6 Å². The highest BCUT2D eigenvalue weighted by Gasteiger charge is 2.32. The highest BCUT2D eigenvalue weighted by atomic mass is 79.9. The van der Waals surface area contributed by atoms with E-state index in [0.717, 1.165) is 4.47 Å². The number of anilines is 1. The minimum atomic E-state index is -4.20. The van der Waals surface area contributed by atoms with Crippen LogP contribution < -0.4 is 4.90 Å². The number of benzene rings is 1. The first-order chi connectivity index (χ1) is 9.76. The minimum absolute atomic E-state index is 0.155. The second kappa shape index (κ2) is 6.23. The smallest absolute Gasteiger partial charge is 0.401 e. The van der Waals surface area contributed by atoms with Gasteiger partial charge in [0.25, 0.3) is 0 Å². The molecule has 2 rings (SSSR count). The highest BCUT2D eigenvalue weighted by molar-refractivity contribution is 9.10. The van der Waals surface area contributed by atoms with E-state index in [0.29, 0.717) is 18.8 Å². The molecule has 1 fully saturated rings. The van der Waals surface area contributed by atoms with Gasteiger partial charge in [-0.15, -0.1) is 0 Å². The van der Waals surface area contributed by atoms with Gasteiger partial charge in [-0.3, -0.25) is 4.90 Å². The summed E-state index contributed by atoms with van der Waals surface area (Å²) in [6, 6.07) is 4.81. The molecule has 0 amide bonds. The molecule has 4 nitrogen and oxygen atoms in total. The lowest BCUT2D eigenvalue weighted by atomic mass is 10.1. The summed E-state index contributed by atoms with van der Waals surface area (Å²) in [5, 5.41) is 9.19. The third kappa shape index (κ3) is 4.34. The van der Waals surface area contributed by atoms with Crippen molar-refractivity contribution in [2.75, 3.05) is 37.6 Å². The van der Waals surface area contributed by atoms with Gasteiger partial charge in [0.1, 0.15) is 0 Å². The number of rotatable bonds is 3. The maximum Gasteiger partial charge on any atom is 0.401 e. The van der Waals surface area contributed by atoms with Crippen LogP contribution in [0.15, 0.2) is 22.7 Å². The largest absolute Gasteiger partial charge is 0.478 e. The van der Waals surface area contributed by atoms with Crippen LogP contribution in [0, 0.1) is 0 Å². The van der Waals surface area contributed by atoms with E-state index in [2.05, 4.69) is 15.9 Å². The van der Waals surface area contributed by atoms with Gasteiger partial charge in [-0.1, -0.05) is 15.9 Å². The number of carbonyl (C=O) groups is 1. The Hall–Kier alpha value is -1.28. The van der Waals surface area contributed by atoms with Crippen LogP contribution in [0.3, 0.4) is 0 Å². The standard InChI is InChI=1S/C13H14BrF3N2O2/c14-9-1-2-10(12(20)21)11(7-9)19-5-3-18(4-6-19)8-13(15,16)17/h1-2,7H,3-6,8H2,(H,20,21). The number of alkyl halides is 3. The molecule has 116 valence electrons. The Balaban J connectivity index is 2.09. The van der Waals surface area contributed by atoms with E-state index < -0.39 is 18.7 Å². The minimum Gasteiger partial charge on any atom is -0.478 e. The van der Waals surface area contributed by atoms with Gasteiger partial charge in [-0.25, -0.2) is 4.79 Å². The maximum absolute atomic E-state index is 12.3. The molecule has 1 aliphatic heterocycles. The van der Waals surface area contributed by atoms with Crippen LogP contribution in [-0.2, 0) is 0 Å². The number of hydrogen-bond donors (Lipinski definition) is 1. The molecule has 0 radical (unpaired) electrons. The molecule has 0 unspecified atom stereocenters. The summed E-state index contributed by atoms with van der Waals surface area (Å²) < 4.78 is 37.8. The summed E-state index contributed by atoms with van der Waals surface area (Å²) in [4.78, 5) is 14.4. The molecule has 0 saturated carbocycles. The monoisotopic (exact) mass is 366 g/mol. The zero-order valence-corrected chi connectivity index (χ0v) is 12.6. The lowest BCUT2D eigenvalue weighted by Crippen LogP contribution is -2.49. The Bertz CT molecular complexity index is 529. The van der Waals surface area contributed by atoms with Crippen molar-refractivity contribution in [3.8, 4) is 0 Å². The second-order valence-corrected chi connectivity index (χ2v) is 5.76. The summed E-state index contributed by atoms with van der Waals surface area (Å²) in [6.07, 6.45) is -4.20. The van der Waals surface area contributed by atoms with Crippen molar-refractivity contribution in [1.82, 2.24) is 4.90 Å². The average molecular weight is 367 g/mol. The van der Waals surface area contributed by atoms with Crippen molar-refractivity contribution in [2.24, 2.45) is 0 Å². The number of carboxylic acids is 1. The van der Waals surface area contributed by atoms with E-state index in [1.165, 1.54) is 11.0 Å². The third-order valence-electron chi connectivity index (χ3n) is 3.31. The predicted molar refractivity (Wildman–Crippen MR) is 75.8 cm³/mol. The highest BCUT2D eigenvalue weighted by Crippen LogP contribution is 2.27. The number of hydrogen-bond acceptors (Lipinski definition) is 3. The van der Waals surface area contributed by atoms with Crippen LogP contribution >= 0.6 is 15.9 Å². The molecule has 1 aromatic rings. The van der Waals surface area contributed by atoms with Gasteiger partial charge < -0.3 is 10.0 Å². The second-order valence-electron chi connectivity index (χ2n) is 4.84. The van der Waals surface area contributed by atoms with E-state index in [9.17, 15) is 23.1 Å². The molecule has 0 bridgehead atoms. The van der Waals surface area contributed by atoms with Gasteiger partial charge in [0.2, 0.25) is 0 Å². The fraction of sp³-hybridized carbons (Fsp3) is 0.462. The molecule has 0 aliphatic carbocycles. The fourth-order valence-electron chi connectivity index (χ4n) is 2.35. The lowest BCUT2D eigenvalue weighted by molar-refractivity contribution is -0.146. The molecule has 0 atom stereocenters. The predicted octanol–water partition coefficient (Wildman–Crippen LogP) is 2.83. The summed E-state index contributed by atoms with van der Waals surface area (Å²) in [5.41, 5.74) is 0.686. The summed E-state index contributed by atoms with van der Waals surface area (Å²) in [6.45, 7) is 0.320. The molecular weight excluding hydrogens is 353 g/mol. The average Bonchev–Trinajstić information content (AvgIpc) is 2.37. The number of nitrogens with zero attached hydrogens (tertiary/aromatic N) is 2. The maximum atomic E-state index is 12.3. The normalized spacial score (nSPS) is 17.0. The molecule has 21 heavy (non-hydrogen) atoms. The molecule has 8 heteroatoms. The van der Waals surface area contributed by atoms with E-state index in [1.54, 1.807) is 17.0 Å². The molecule has 1 heterocycles. The Morgan fingerprint density at radius 3 is 2.38 bits per heavy atom. The van der Waals surface area contributed by atoms with Crippen LogP contribution in [0.5, 0.6) is 0 Å². The molecule has 1 aliphatic rings. The number of halogens is 4. The van der Waals surface area contributed by atoms with Crippen LogP contribution in [0.2, 0.25) is 0 Å². The summed E-state index contributed by atoms with van der Waals surface area (Å²) in [7, 11) is 0. The lowest BCUT2D eigenvalue weighted by Gasteiger charge is -2.36. The first-order valence-corrected chi connectivity index (χ1v) is 7.12. The Labute approximate surface area is 128 Å². The van der Waals surface area contributed by atoms with Gasteiger partial charge in [-0.05, 0) is 18.2 Å². The zero-order chi connectivity index (χ0) is 15.6. The van der Waals surface area contributed by atoms with Crippen LogP contribution in [-0.4, -0.2) is 54.9 Å². The first-order valence-electron chi connectivity index (χ1n) is 6.33. The van der Waals surface area contributed by atoms with Crippen LogP contribution in [0.1, 0.15) is 10.4 Å². The summed E-state index contributed by atoms with van der Waals surface area (Å²) >= 11 is 3.28. The topological polar surface area (TPSA) is 43.8 Å². The zero-order valence-electron chi connectivity index (χ0n) is 11.0. The van der Waals surface area contributed by atoms with Gasteiger partial charge in [0.15, 0.2) is 0 Å². The van der Waals surface area contributed by atoms with Crippen LogP contribution in [0.25, 0.3) is 0 Å². The number of carboxylic acid groups (broad SMARTS) is 1. The first kappa shape index (κ1) is 16.1. The molecule has 1 aromatic carbocycles. The fourth-order valence-corrected chi connectivity index (χ4v) is 2.70. The van der Waals surface area contributed by atoms with E-state index >= 15 is 0 Å². The number of aromatic carboxylic acids is 1. The summed E-state index contributed by atoms with van der Waals surface area (Å²) in [5.74, 6) is -1.05. The Kier molecular flexibility index (Phi) is 4.77. The van der Waals surface area contributed by atoms with Crippen molar-refractivity contribution in [1.29, 1.82) is 0 Å². The molecule has 0 spiro atoms. The quantitative estimate of drug-likeness (QED) is 0.893. The van der Waals surface area contributed by atoms with Crippen molar-refractivity contribution in [3.63, 3.8) is 0 Å². The third-order valence-corrected chi connectivity index (χ3v) is 3.80. The van der Waals surface area contributed by atoms with Gasteiger partial charge >= 0.3 is 12.1 Å². The van der Waals surface area contributed by atoms with Crippen molar-refractivity contribution < 1.29 is 23.1 Å². The van der Waals surface area contributed by atoms with Gasteiger partial charge in [0.05, 0.1) is 17.8 Å². The number of piperazine rings is 1. The van der Waals surface area contributed by atoms with Gasteiger partial charge in [0, 0.05) is 30.7 Å². The Morgan fingerprint density at radius 2 is 1.86 bits per heavy atom. The molecule has 0 aromatic heterocycles. The SMILES string of the molecule is O=C(O)c1ccc(Br)cc1N1CCN(CC(F)(F)F)CC1. The molecular formula is C13H14BrF3N2O2. The van der Waals surface area contributed by atoms with Crippen molar-refractivity contribution in [2.45, 2.75) is 6.18 Å². The van der Waals surface area contributed by atoms with Crippen molar-refractivity contribution in [3.05, 3.63) is 28.2 Å². The van der Waals surface area contributed by atoms with E-state index in [4.69, 9.17) is 0 Å². The van der Waals surface area contributed by atoms with E-state index in [-0.39, 0.29) is 18.7 Å².